The number of esters is 1. The third-order valence-electron chi connectivity index (χ3n) is 4.63. The van der Waals surface area contributed by atoms with Gasteiger partial charge in [0.25, 0.3) is 11.6 Å². The van der Waals surface area contributed by atoms with Crippen LogP contribution in [0.25, 0.3) is 0 Å². The summed E-state index contributed by atoms with van der Waals surface area (Å²) in [4.78, 5) is 48.5. The highest BCUT2D eigenvalue weighted by Crippen LogP contribution is 2.30. The van der Waals surface area contributed by atoms with Crippen LogP contribution in [0.3, 0.4) is 0 Å². The number of ether oxygens (including phenoxy) is 1. The van der Waals surface area contributed by atoms with E-state index in [-0.39, 0.29) is 24.6 Å². The van der Waals surface area contributed by atoms with Gasteiger partial charge in [0.2, 0.25) is 5.91 Å². The predicted molar refractivity (Wildman–Crippen MR) is 112 cm³/mol. The van der Waals surface area contributed by atoms with Gasteiger partial charge < -0.3 is 15.0 Å². The van der Waals surface area contributed by atoms with E-state index in [2.05, 4.69) is 21.2 Å². The molecule has 0 aromatic heterocycles. The van der Waals surface area contributed by atoms with Crippen LogP contribution in [0.15, 0.2) is 46.9 Å². The van der Waals surface area contributed by atoms with Gasteiger partial charge in [-0.15, -0.1) is 0 Å². The zero-order valence-corrected chi connectivity index (χ0v) is 17.5. The average Bonchev–Trinajstić information content (AvgIpc) is 3.10. The molecule has 9 nitrogen and oxygen atoms in total. The summed E-state index contributed by atoms with van der Waals surface area (Å²) in [7, 11) is 0. The van der Waals surface area contributed by atoms with Crippen molar-refractivity contribution in [2.45, 2.75) is 13.3 Å². The monoisotopic (exact) mass is 475 g/mol. The third kappa shape index (κ3) is 5.01. The number of carbonyl (C=O) groups excluding carboxylic acids is 3. The van der Waals surface area contributed by atoms with E-state index < -0.39 is 29.3 Å². The van der Waals surface area contributed by atoms with Crippen molar-refractivity contribution in [1.29, 1.82) is 0 Å². The summed E-state index contributed by atoms with van der Waals surface area (Å²) in [5, 5.41) is 13.7. The second-order valence-electron chi connectivity index (χ2n) is 6.80. The van der Waals surface area contributed by atoms with Gasteiger partial charge in [0, 0.05) is 34.8 Å². The Labute approximate surface area is 180 Å². The lowest BCUT2D eigenvalue weighted by atomic mass is 10.1. The number of hydrogen-bond donors (Lipinski definition) is 1. The molecule has 0 radical (unpaired) electrons. The molecule has 0 spiro atoms. The molecule has 0 unspecified atom stereocenters. The van der Waals surface area contributed by atoms with Gasteiger partial charge in [-0.25, -0.2) is 0 Å². The first-order chi connectivity index (χ1) is 14.2. The maximum Gasteiger partial charge on any atom is 0.311 e. The molecular weight excluding hydrogens is 458 g/mol. The zero-order valence-electron chi connectivity index (χ0n) is 16.0. The van der Waals surface area contributed by atoms with Gasteiger partial charge in [0.15, 0.2) is 6.61 Å². The van der Waals surface area contributed by atoms with Crippen molar-refractivity contribution in [3.63, 3.8) is 0 Å². The van der Waals surface area contributed by atoms with Crippen molar-refractivity contribution in [1.82, 2.24) is 0 Å². The Bertz CT molecular complexity index is 1010. The van der Waals surface area contributed by atoms with Crippen LogP contribution in [0.4, 0.5) is 17.1 Å². The molecule has 1 heterocycles. The molecule has 1 aliphatic rings. The van der Waals surface area contributed by atoms with Crippen LogP contribution in [0.2, 0.25) is 0 Å². The number of nitrogens with one attached hydrogen (secondary N) is 1. The number of nitrogens with zero attached hydrogens (tertiary/aromatic N) is 2. The molecule has 2 amide bonds. The first kappa shape index (κ1) is 21.4. The van der Waals surface area contributed by atoms with Crippen LogP contribution in [0, 0.1) is 23.0 Å². The van der Waals surface area contributed by atoms with Crippen molar-refractivity contribution < 1.29 is 24.0 Å². The van der Waals surface area contributed by atoms with Crippen LogP contribution in [-0.4, -0.2) is 35.9 Å². The molecule has 30 heavy (non-hydrogen) atoms. The quantitative estimate of drug-likeness (QED) is 0.389. The average molecular weight is 476 g/mol. The number of nitro benzene ring substituents is 1. The summed E-state index contributed by atoms with van der Waals surface area (Å²) >= 11 is 3.29. The fourth-order valence-corrected chi connectivity index (χ4v) is 3.33. The summed E-state index contributed by atoms with van der Waals surface area (Å²) < 4.78 is 5.91. The van der Waals surface area contributed by atoms with Crippen LogP contribution >= 0.6 is 15.9 Å². The lowest BCUT2D eigenvalue weighted by Crippen LogP contribution is -2.28. The van der Waals surface area contributed by atoms with Crippen molar-refractivity contribution in [2.24, 2.45) is 5.92 Å². The van der Waals surface area contributed by atoms with E-state index in [4.69, 9.17) is 4.74 Å². The molecule has 1 aliphatic heterocycles. The van der Waals surface area contributed by atoms with E-state index in [1.807, 2.05) is 0 Å². The van der Waals surface area contributed by atoms with E-state index >= 15 is 0 Å². The third-order valence-corrected chi connectivity index (χ3v) is 5.16. The zero-order chi connectivity index (χ0) is 21.8. The number of hydrogen-bond acceptors (Lipinski definition) is 6. The Morgan fingerprint density at radius 2 is 1.97 bits per heavy atom. The van der Waals surface area contributed by atoms with E-state index in [0.29, 0.717) is 16.9 Å². The summed E-state index contributed by atoms with van der Waals surface area (Å²) in [5.41, 5.74) is 1.28. The standard InChI is InChI=1S/C20H18BrN3O6/c1-12-2-7-16(9-17(12)24(28)29)23-10-13(8-19(23)26)20(27)30-11-18(25)22-15-5-3-14(21)4-6-15/h2-7,9,13H,8,10-11H2,1H3,(H,22,25)/t13-/m0/s1. The molecule has 2 aromatic carbocycles. The molecule has 10 heteroatoms. The van der Waals surface area contributed by atoms with Crippen LogP contribution in [0.5, 0.6) is 0 Å². The largest absolute Gasteiger partial charge is 0.455 e. The van der Waals surface area contributed by atoms with Crippen LogP contribution in [0.1, 0.15) is 12.0 Å². The maximum atomic E-state index is 12.3. The van der Waals surface area contributed by atoms with E-state index in [1.165, 1.54) is 11.0 Å². The summed E-state index contributed by atoms with van der Waals surface area (Å²) in [5.74, 6) is -2.26. The van der Waals surface area contributed by atoms with Gasteiger partial charge in [-0.3, -0.25) is 24.5 Å². The number of anilines is 2. The Kier molecular flexibility index (Phi) is 6.46. The lowest BCUT2D eigenvalue weighted by Gasteiger charge is -2.16. The Morgan fingerprint density at radius 3 is 2.63 bits per heavy atom. The minimum atomic E-state index is -0.752. The summed E-state index contributed by atoms with van der Waals surface area (Å²) in [6.07, 6.45) is -0.0885. The molecule has 2 aromatic rings. The Hall–Kier alpha value is -3.27. The number of benzene rings is 2. The Morgan fingerprint density at radius 1 is 1.27 bits per heavy atom. The van der Waals surface area contributed by atoms with Crippen molar-refractivity contribution >= 4 is 50.8 Å². The van der Waals surface area contributed by atoms with Gasteiger partial charge in [0.1, 0.15) is 0 Å². The highest BCUT2D eigenvalue weighted by Gasteiger charge is 2.37. The smallest absolute Gasteiger partial charge is 0.311 e. The SMILES string of the molecule is Cc1ccc(N2C[C@@H](C(=O)OCC(=O)Nc3ccc(Br)cc3)CC2=O)cc1[N+](=O)[O-]. The van der Waals surface area contributed by atoms with E-state index in [1.54, 1.807) is 43.3 Å². The van der Waals surface area contributed by atoms with Gasteiger partial charge >= 0.3 is 5.97 Å². The molecule has 0 bridgehead atoms. The molecule has 3 rings (SSSR count). The topological polar surface area (TPSA) is 119 Å². The number of halogens is 1. The van der Waals surface area contributed by atoms with Gasteiger partial charge in [-0.1, -0.05) is 22.0 Å². The lowest BCUT2D eigenvalue weighted by molar-refractivity contribution is -0.385. The number of nitro groups is 1. The number of aryl methyl sites for hydroxylation is 1. The van der Waals surface area contributed by atoms with Crippen LogP contribution in [-0.2, 0) is 19.1 Å². The molecule has 1 fully saturated rings. The molecule has 1 N–H and O–H groups in total. The Balaban J connectivity index is 1.57. The van der Waals surface area contributed by atoms with Crippen molar-refractivity contribution in [3.8, 4) is 0 Å². The fourth-order valence-electron chi connectivity index (χ4n) is 3.06. The molecule has 1 atom stereocenters. The number of carbonyl (C=O) groups is 3. The molecule has 0 saturated carbocycles. The molecule has 156 valence electrons. The highest BCUT2D eigenvalue weighted by atomic mass is 79.9. The molecular formula is C20H18BrN3O6. The summed E-state index contributed by atoms with van der Waals surface area (Å²) in [6, 6.07) is 11.4. The van der Waals surface area contributed by atoms with Gasteiger partial charge in [0.05, 0.1) is 16.5 Å². The van der Waals surface area contributed by atoms with Crippen LogP contribution < -0.4 is 10.2 Å². The minimum Gasteiger partial charge on any atom is -0.455 e. The van der Waals surface area contributed by atoms with Gasteiger partial charge in [-0.2, -0.15) is 0 Å². The predicted octanol–water partition coefficient (Wildman–Crippen LogP) is 3.20. The van der Waals surface area contributed by atoms with Gasteiger partial charge in [-0.05, 0) is 37.3 Å². The minimum absolute atomic E-state index is 0.0339. The van der Waals surface area contributed by atoms with Crippen molar-refractivity contribution in [3.05, 3.63) is 62.6 Å². The maximum absolute atomic E-state index is 12.3. The molecule has 1 saturated heterocycles. The van der Waals surface area contributed by atoms with E-state index in [9.17, 15) is 24.5 Å². The number of rotatable bonds is 6. The van der Waals surface area contributed by atoms with Crippen molar-refractivity contribution in [2.75, 3.05) is 23.4 Å². The first-order valence-electron chi connectivity index (χ1n) is 9.02. The molecule has 0 aliphatic carbocycles. The highest BCUT2D eigenvalue weighted by molar-refractivity contribution is 9.10. The second kappa shape index (κ2) is 9.04. The normalized spacial score (nSPS) is 15.7. The number of amides is 2. The first-order valence-corrected chi connectivity index (χ1v) is 9.81. The van der Waals surface area contributed by atoms with E-state index in [0.717, 1.165) is 4.47 Å². The second-order valence-corrected chi connectivity index (χ2v) is 7.71. The fraction of sp³-hybridized carbons (Fsp3) is 0.250. The summed E-state index contributed by atoms with van der Waals surface area (Å²) in [6.45, 7) is 1.16.